The van der Waals surface area contributed by atoms with Crippen molar-refractivity contribution in [2.45, 2.75) is 32.7 Å². The molecular weight excluding hydrogens is 242 g/mol. The second kappa shape index (κ2) is 4.70. The summed E-state index contributed by atoms with van der Waals surface area (Å²) in [4.78, 5) is 12.6. The van der Waals surface area contributed by atoms with Crippen molar-refractivity contribution in [1.82, 2.24) is 25.4 Å². The van der Waals surface area contributed by atoms with Gasteiger partial charge in [0.1, 0.15) is 5.69 Å². The molecule has 1 unspecified atom stereocenters. The Balaban J connectivity index is 1.89. The Morgan fingerprint density at radius 2 is 2.26 bits per heavy atom. The Morgan fingerprint density at radius 3 is 3.00 bits per heavy atom. The lowest BCUT2D eigenvalue weighted by molar-refractivity contribution is 0.146. The zero-order valence-electron chi connectivity index (χ0n) is 11.1. The number of piperidine rings is 1. The number of nitrogens with zero attached hydrogens (tertiary/aromatic N) is 4. The van der Waals surface area contributed by atoms with Crippen molar-refractivity contribution >= 4 is 0 Å². The van der Waals surface area contributed by atoms with E-state index < -0.39 is 0 Å². The van der Waals surface area contributed by atoms with Crippen molar-refractivity contribution in [2.24, 2.45) is 5.41 Å². The third-order valence-corrected chi connectivity index (χ3v) is 3.61. The Bertz CT molecular complexity index is 551. The van der Waals surface area contributed by atoms with E-state index in [-0.39, 0.29) is 11.5 Å². The van der Waals surface area contributed by atoms with Gasteiger partial charge in [-0.3, -0.25) is 4.98 Å². The van der Waals surface area contributed by atoms with Crippen LogP contribution < -0.4 is 5.32 Å². The van der Waals surface area contributed by atoms with Crippen LogP contribution in [0.1, 0.15) is 38.6 Å². The Labute approximate surface area is 111 Å². The van der Waals surface area contributed by atoms with Gasteiger partial charge < -0.3 is 9.84 Å². The van der Waals surface area contributed by atoms with Gasteiger partial charge in [0.25, 0.3) is 0 Å². The molecule has 0 bridgehead atoms. The van der Waals surface area contributed by atoms with Gasteiger partial charge in [-0.05, 0) is 24.8 Å². The lowest BCUT2D eigenvalue weighted by Gasteiger charge is -2.36. The quantitative estimate of drug-likeness (QED) is 0.888. The van der Waals surface area contributed by atoms with Crippen molar-refractivity contribution in [2.75, 3.05) is 6.54 Å². The highest BCUT2D eigenvalue weighted by Gasteiger charge is 2.37. The molecule has 1 atom stereocenters. The third-order valence-electron chi connectivity index (χ3n) is 3.61. The van der Waals surface area contributed by atoms with Crippen molar-refractivity contribution in [1.29, 1.82) is 0 Å². The molecule has 2 aromatic heterocycles. The summed E-state index contributed by atoms with van der Waals surface area (Å²) in [6, 6.07) is 0.0965. The topological polar surface area (TPSA) is 76.7 Å². The number of hydrogen-bond donors (Lipinski definition) is 1. The van der Waals surface area contributed by atoms with Crippen molar-refractivity contribution in [3.05, 3.63) is 24.5 Å². The molecule has 3 rings (SSSR count). The van der Waals surface area contributed by atoms with Crippen LogP contribution in [0.3, 0.4) is 0 Å². The summed E-state index contributed by atoms with van der Waals surface area (Å²) in [6.07, 6.45) is 7.20. The first-order chi connectivity index (χ1) is 9.17. The second-order valence-corrected chi connectivity index (χ2v) is 5.53. The van der Waals surface area contributed by atoms with Crippen LogP contribution >= 0.6 is 0 Å². The molecule has 0 spiro atoms. The number of aromatic nitrogens is 4. The van der Waals surface area contributed by atoms with E-state index in [4.69, 9.17) is 4.52 Å². The van der Waals surface area contributed by atoms with Gasteiger partial charge in [0.2, 0.25) is 11.7 Å². The molecule has 3 heterocycles. The number of hydrogen-bond acceptors (Lipinski definition) is 6. The molecule has 1 saturated heterocycles. The summed E-state index contributed by atoms with van der Waals surface area (Å²) in [6.45, 7) is 5.42. The molecule has 1 aliphatic heterocycles. The van der Waals surface area contributed by atoms with Gasteiger partial charge >= 0.3 is 0 Å². The van der Waals surface area contributed by atoms with Crippen LogP contribution in [0.25, 0.3) is 11.5 Å². The minimum absolute atomic E-state index is 0.0965. The van der Waals surface area contributed by atoms with Gasteiger partial charge in [-0.2, -0.15) is 4.98 Å². The van der Waals surface area contributed by atoms with Crippen LogP contribution in [0.4, 0.5) is 0 Å². The molecule has 19 heavy (non-hydrogen) atoms. The van der Waals surface area contributed by atoms with Gasteiger partial charge in [0.05, 0.1) is 12.2 Å². The van der Waals surface area contributed by atoms with E-state index in [0.717, 1.165) is 13.0 Å². The number of rotatable bonds is 2. The molecule has 0 radical (unpaired) electrons. The van der Waals surface area contributed by atoms with Gasteiger partial charge in [-0.15, -0.1) is 0 Å². The minimum Gasteiger partial charge on any atom is -0.337 e. The van der Waals surface area contributed by atoms with Crippen LogP contribution in [-0.4, -0.2) is 26.7 Å². The zero-order valence-corrected chi connectivity index (χ0v) is 11.1. The molecule has 1 aliphatic rings. The first-order valence-electron chi connectivity index (χ1n) is 6.50. The molecule has 1 N–H and O–H groups in total. The van der Waals surface area contributed by atoms with E-state index in [2.05, 4.69) is 39.3 Å². The molecule has 6 heteroatoms. The third kappa shape index (κ3) is 2.35. The van der Waals surface area contributed by atoms with Crippen molar-refractivity contribution < 1.29 is 4.52 Å². The Kier molecular flexibility index (Phi) is 3.02. The largest absolute Gasteiger partial charge is 0.337 e. The first-order valence-corrected chi connectivity index (χ1v) is 6.50. The minimum atomic E-state index is 0.0965. The highest BCUT2D eigenvalue weighted by molar-refractivity contribution is 5.45. The molecule has 0 amide bonds. The summed E-state index contributed by atoms with van der Waals surface area (Å²) >= 11 is 0. The fourth-order valence-corrected chi connectivity index (χ4v) is 2.50. The summed E-state index contributed by atoms with van der Waals surface area (Å²) in [5, 5.41) is 7.46. The predicted octanol–water partition coefficient (Wildman–Crippen LogP) is 1.98. The van der Waals surface area contributed by atoms with E-state index in [1.807, 2.05) is 0 Å². The van der Waals surface area contributed by atoms with Crippen LogP contribution in [-0.2, 0) is 0 Å². The fourth-order valence-electron chi connectivity index (χ4n) is 2.50. The van der Waals surface area contributed by atoms with Gasteiger partial charge in [-0.1, -0.05) is 19.0 Å². The molecule has 2 aromatic rings. The monoisotopic (exact) mass is 259 g/mol. The molecular formula is C13H17N5O. The fraction of sp³-hybridized carbons (Fsp3) is 0.538. The zero-order chi connectivity index (χ0) is 13.3. The molecule has 0 aromatic carbocycles. The molecule has 0 saturated carbocycles. The second-order valence-electron chi connectivity index (χ2n) is 5.53. The van der Waals surface area contributed by atoms with Gasteiger partial charge in [0, 0.05) is 12.4 Å². The molecule has 6 nitrogen and oxygen atoms in total. The van der Waals surface area contributed by atoms with E-state index in [9.17, 15) is 0 Å². The average Bonchev–Trinajstić information content (AvgIpc) is 2.88. The highest BCUT2D eigenvalue weighted by Crippen LogP contribution is 2.39. The van der Waals surface area contributed by atoms with E-state index >= 15 is 0 Å². The first kappa shape index (κ1) is 12.2. The maximum absolute atomic E-state index is 5.40. The van der Waals surface area contributed by atoms with Gasteiger partial charge in [0.15, 0.2) is 0 Å². The van der Waals surface area contributed by atoms with E-state index in [1.165, 1.54) is 6.42 Å². The summed E-state index contributed by atoms with van der Waals surface area (Å²) in [5.74, 6) is 1.12. The Morgan fingerprint density at radius 1 is 1.37 bits per heavy atom. The van der Waals surface area contributed by atoms with Crippen LogP contribution in [0, 0.1) is 5.41 Å². The van der Waals surface area contributed by atoms with E-state index in [0.29, 0.717) is 17.4 Å². The van der Waals surface area contributed by atoms with Gasteiger partial charge in [-0.25, -0.2) is 4.98 Å². The normalized spacial score (nSPS) is 22.3. The van der Waals surface area contributed by atoms with E-state index in [1.54, 1.807) is 18.6 Å². The summed E-state index contributed by atoms with van der Waals surface area (Å²) in [7, 11) is 0. The molecule has 0 aliphatic carbocycles. The maximum atomic E-state index is 5.40. The molecule has 1 fully saturated rings. The van der Waals surface area contributed by atoms with Crippen molar-refractivity contribution in [3.8, 4) is 11.5 Å². The lowest BCUT2D eigenvalue weighted by atomic mass is 9.77. The predicted molar refractivity (Wildman–Crippen MR) is 69.1 cm³/mol. The molecule has 100 valence electrons. The smallest absolute Gasteiger partial charge is 0.244 e. The van der Waals surface area contributed by atoms with Crippen molar-refractivity contribution in [3.63, 3.8) is 0 Å². The highest BCUT2D eigenvalue weighted by atomic mass is 16.5. The summed E-state index contributed by atoms with van der Waals surface area (Å²) < 4.78 is 5.40. The van der Waals surface area contributed by atoms with Crippen LogP contribution in [0.15, 0.2) is 23.1 Å². The van der Waals surface area contributed by atoms with Crippen LogP contribution in [0.5, 0.6) is 0 Å². The van der Waals surface area contributed by atoms with Crippen LogP contribution in [0.2, 0.25) is 0 Å². The lowest BCUT2D eigenvalue weighted by Crippen LogP contribution is -2.39. The maximum Gasteiger partial charge on any atom is 0.244 e. The summed E-state index contributed by atoms with van der Waals surface area (Å²) in [5.41, 5.74) is 0.746. The number of nitrogens with one attached hydrogen (secondary N) is 1. The standard InChI is InChI=1S/C13H17N5O/c1-13(2)4-3-5-16-10(13)12-17-11(18-19-12)9-8-14-6-7-15-9/h6-8,10,16H,3-5H2,1-2H3. The Hall–Kier alpha value is -1.82. The average molecular weight is 259 g/mol. The SMILES string of the molecule is CC1(C)CCCNC1c1nc(-c2cnccn2)no1.